The number of aromatic nitrogens is 1. The Morgan fingerprint density at radius 2 is 1.81 bits per heavy atom. The number of benzene rings is 2. The summed E-state index contributed by atoms with van der Waals surface area (Å²) in [5.74, 6) is 2.55. The summed E-state index contributed by atoms with van der Waals surface area (Å²) >= 11 is 0. The van der Waals surface area contributed by atoms with Crippen molar-refractivity contribution in [1.82, 2.24) is 9.88 Å². The minimum absolute atomic E-state index is 0.106. The number of para-hydroxylation sites is 1. The summed E-state index contributed by atoms with van der Waals surface area (Å²) in [4.78, 5) is 18.4. The fourth-order valence-electron chi connectivity index (χ4n) is 2.86. The molecule has 1 amide bonds. The SMILES string of the molecule is CN(Cc1ccc(Oc2ccccc2)cc1)C(=O)c1ncoc1C1CC1. The van der Waals surface area contributed by atoms with Crippen molar-refractivity contribution in [3.63, 3.8) is 0 Å². The van der Waals surface area contributed by atoms with Gasteiger partial charge in [-0.15, -0.1) is 0 Å². The van der Waals surface area contributed by atoms with Gasteiger partial charge in [0.15, 0.2) is 12.1 Å². The van der Waals surface area contributed by atoms with Gasteiger partial charge in [-0.25, -0.2) is 4.98 Å². The Morgan fingerprint density at radius 3 is 2.50 bits per heavy atom. The molecule has 26 heavy (non-hydrogen) atoms. The Labute approximate surface area is 152 Å². The minimum Gasteiger partial charge on any atom is -0.457 e. The minimum atomic E-state index is -0.106. The summed E-state index contributed by atoms with van der Waals surface area (Å²) in [7, 11) is 1.78. The third kappa shape index (κ3) is 3.61. The van der Waals surface area contributed by atoms with E-state index in [2.05, 4.69) is 4.98 Å². The fourth-order valence-corrected chi connectivity index (χ4v) is 2.86. The van der Waals surface area contributed by atoms with Crippen molar-refractivity contribution in [3.8, 4) is 11.5 Å². The van der Waals surface area contributed by atoms with Crippen molar-refractivity contribution in [3.05, 3.63) is 78.0 Å². The quantitative estimate of drug-likeness (QED) is 0.652. The summed E-state index contributed by atoms with van der Waals surface area (Å²) in [5, 5.41) is 0. The topological polar surface area (TPSA) is 55.6 Å². The largest absolute Gasteiger partial charge is 0.457 e. The Kier molecular flexibility index (Phi) is 4.44. The highest BCUT2D eigenvalue weighted by Gasteiger charge is 2.33. The first-order chi connectivity index (χ1) is 12.7. The van der Waals surface area contributed by atoms with Gasteiger partial charge in [0.2, 0.25) is 0 Å². The predicted molar refractivity (Wildman–Crippen MR) is 97.2 cm³/mol. The molecule has 0 unspecified atom stereocenters. The molecule has 1 saturated carbocycles. The Bertz CT molecular complexity index is 883. The van der Waals surface area contributed by atoms with Crippen molar-refractivity contribution in [2.24, 2.45) is 0 Å². The molecule has 0 atom stereocenters. The number of oxazole rings is 1. The second-order valence-corrected chi connectivity index (χ2v) is 6.56. The van der Waals surface area contributed by atoms with Crippen LogP contribution in [-0.4, -0.2) is 22.8 Å². The summed E-state index contributed by atoms with van der Waals surface area (Å²) in [6.45, 7) is 0.501. The molecule has 0 N–H and O–H groups in total. The third-order valence-corrected chi connectivity index (χ3v) is 4.41. The molecule has 1 fully saturated rings. The molecule has 2 aromatic carbocycles. The molecule has 0 saturated heterocycles. The number of nitrogens with zero attached hydrogens (tertiary/aromatic N) is 2. The van der Waals surface area contributed by atoms with E-state index in [0.29, 0.717) is 18.2 Å². The molecule has 0 aliphatic heterocycles. The van der Waals surface area contributed by atoms with Crippen molar-refractivity contribution in [1.29, 1.82) is 0 Å². The molecule has 5 nitrogen and oxygen atoms in total. The molecule has 0 radical (unpaired) electrons. The predicted octanol–water partition coefficient (Wildman–Crippen LogP) is 4.62. The second kappa shape index (κ2) is 7.04. The zero-order chi connectivity index (χ0) is 17.9. The van der Waals surface area contributed by atoms with Crippen LogP contribution in [0.3, 0.4) is 0 Å². The second-order valence-electron chi connectivity index (χ2n) is 6.56. The van der Waals surface area contributed by atoms with E-state index in [1.807, 2.05) is 54.6 Å². The maximum Gasteiger partial charge on any atom is 0.276 e. The normalized spacial score (nSPS) is 13.4. The van der Waals surface area contributed by atoms with Crippen molar-refractivity contribution in [2.75, 3.05) is 7.05 Å². The van der Waals surface area contributed by atoms with E-state index < -0.39 is 0 Å². The summed E-state index contributed by atoms with van der Waals surface area (Å²) in [5.41, 5.74) is 1.47. The average Bonchev–Trinajstić information content (AvgIpc) is 3.40. The first kappa shape index (κ1) is 16.4. The van der Waals surface area contributed by atoms with Gasteiger partial charge in [0.05, 0.1) is 0 Å². The van der Waals surface area contributed by atoms with Gasteiger partial charge < -0.3 is 14.1 Å². The van der Waals surface area contributed by atoms with Gasteiger partial charge in [0, 0.05) is 19.5 Å². The monoisotopic (exact) mass is 348 g/mol. The van der Waals surface area contributed by atoms with E-state index in [4.69, 9.17) is 9.15 Å². The molecule has 1 aromatic heterocycles. The number of carbonyl (C=O) groups is 1. The van der Waals surface area contributed by atoms with Crippen LogP contribution < -0.4 is 4.74 Å². The molecule has 132 valence electrons. The number of carbonyl (C=O) groups excluding carboxylic acids is 1. The van der Waals surface area contributed by atoms with Crippen LogP contribution in [0, 0.1) is 0 Å². The molecular weight excluding hydrogens is 328 g/mol. The smallest absolute Gasteiger partial charge is 0.276 e. The van der Waals surface area contributed by atoms with E-state index in [0.717, 1.165) is 35.7 Å². The van der Waals surface area contributed by atoms with Crippen molar-refractivity contribution < 1.29 is 13.9 Å². The van der Waals surface area contributed by atoms with Crippen LogP contribution >= 0.6 is 0 Å². The maximum absolute atomic E-state index is 12.7. The standard InChI is InChI=1S/C21H20N2O3/c1-23(21(24)19-20(16-9-10-16)25-14-22-19)13-15-7-11-18(12-8-15)26-17-5-3-2-4-6-17/h2-8,11-12,14,16H,9-10,13H2,1H3. The summed E-state index contributed by atoms with van der Waals surface area (Å²) in [6.07, 6.45) is 3.51. The van der Waals surface area contributed by atoms with E-state index in [-0.39, 0.29) is 5.91 Å². The van der Waals surface area contributed by atoms with Gasteiger partial charge in [-0.05, 0) is 42.7 Å². The van der Waals surface area contributed by atoms with Gasteiger partial charge in [-0.1, -0.05) is 30.3 Å². The fraction of sp³-hybridized carbons (Fsp3) is 0.238. The van der Waals surface area contributed by atoms with Crippen LogP contribution in [0.2, 0.25) is 0 Å². The van der Waals surface area contributed by atoms with Gasteiger partial charge in [0.1, 0.15) is 17.3 Å². The molecule has 1 aliphatic rings. The maximum atomic E-state index is 12.7. The lowest BCUT2D eigenvalue weighted by molar-refractivity contribution is 0.0777. The highest BCUT2D eigenvalue weighted by atomic mass is 16.5. The van der Waals surface area contributed by atoms with Gasteiger partial charge in [-0.2, -0.15) is 0 Å². The zero-order valence-corrected chi connectivity index (χ0v) is 14.6. The Hall–Kier alpha value is -3.08. The molecule has 0 spiro atoms. The van der Waals surface area contributed by atoms with Crippen LogP contribution in [0.15, 0.2) is 65.4 Å². The van der Waals surface area contributed by atoms with Crippen LogP contribution in [0.1, 0.15) is 40.6 Å². The number of rotatable bonds is 6. The Morgan fingerprint density at radius 1 is 1.12 bits per heavy atom. The van der Waals surface area contributed by atoms with Crippen LogP contribution in [-0.2, 0) is 6.54 Å². The number of amides is 1. The molecule has 1 aliphatic carbocycles. The average molecular weight is 348 g/mol. The first-order valence-corrected chi connectivity index (χ1v) is 8.71. The van der Waals surface area contributed by atoms with Crippen LogP contribution in [0.5, 0.6) is 11.5 Å². The number of ether oxygens (including phenoxy) is 1. The van der Waals surface area contributed by atoms with Gasteiger partial charge in [0.25, 0.3) is 5.91 Å². The lowest BCUT2D eigenvalue weighted by Crippen LogP contribution is -2.27. The summed E-state index contributed by atoms with van der Waals surface area (Å²) in [6, 6.07) is 17.4. The van der Waals surface area contributed by atoms with E-state index in [1.165, 1.54) is 6.39 Å². The molecule has 1 heterocycles. The van der Waals surface area contributed by atoms with E-state index in [9.17, 15) is 4.79 Å². The number of hydrogen-bond acceptors (Lipinski definition) is 4. The molecular formula is C21H20N2O3. The zero-order valence-electron chi connectivity index (χ0n) is 14.6. The Balaban J connectivity index is 1.40. The highest BCUT2D eigenvalue weighted by molar-refractivity contribution is 5.93. The lowest BCUT2D eigenvalue weighted by Gasteiger charge is -2.17. The lowest BCUT2D eigenvalue weighted by atomic mass is 10.2. The third-order valence-electron chi connectivity index (χ3n) is 4.41. The first-order valence-electron chi connectivity index (χ1n) is 8.71. The van der Waals surface area contributed by atoms with Gasteiger partial charge in [-0.3, -0.25) is 4.79 Å². The highest BCUT2D eigenvalue weighted by Crippen LogP contribution is 2.41. The summed E-state index contributed by atoms with van der Waals surface area (Å²) < 4.78 is 11.2. The molecule has 3 aromatic rings. The molecule has 0 bridgehead atoms. The molecule has 4 rings (SSSR count). The molecule has 5 heteroatoms. The van der Waals surface area contributed by atoms with Crippen LogP contribution in [0.25, 0.3) is 0 Å². The van der Waals surface area contributed by atoms with E-state index in [1.54, 1.807) is 11.9 Å². The van der Waals surface area contributed by atoms with Crippen LogP contribution in [0.4, 0.5) is 0 Å². The van der Waals surface area contributed by atoms with Crippen molar-refractivity contribution in [2.45, 2.75) is 25.3 Å². The number of hydrogen-bond donors (Lipinski definition) is 0. The van der Waals surface area contributed by atoms with Gasteiger partial charge >= 0.3 is 0 Å². The van der Waals surface area contributed by atoms with Crippen molar-refractivity contribution >= 4 is 5.91 Å². The van der Waals surface area contributed by atoms with E-state index >= 15 is 0 Å².